The highest BCUT2D eigenvalue weighted by Crippen LogP contribution is 2.18. The van der Waals surface area contributed by atoms with Gasteiger partial charge in [-0.1, -0.05) is 6.92 Å². The van der Waals surface area contributed by atoms with Crippen molar-refractivity contribution in [3.8, 4) is 6.01 Å². The minimum atomic E-state index is 0.0513. The van der Waals surface area contributed by atoms with Gasteiger partial charge < -0.3 is 20.7 Å². The van der Waals surface area contributed by atoms with Crippen molar-refractivity contribution in [2.24, 2.45) is 0 Å². The molecule has 0 aliphatic heterocycles. The summed E-state index contributed by atoms with van der Waals surface area (Å²) in [5, 5.41) is 9.03. The lowest BCUT2D eigenvalue weighted by molar-refractivity contribution is -0.120. The van der Waals surface area contributed by atoms with Gasteiger partial charge in [0.1, 0.15) is 0 Å². The van der Waals surface area contributed by atoms with Gasteiger partial charge in [0.15, 0.2) is 0 Å². The van der Waals surface area contributed by atoms with Crippen LogP contribution >= 0.6 is 0 Å². The van der Waals surface area contributed by atoms with E-state index in [1.165, 1.54) is 7.11 Å². The fourth-order valence-electron chi connectivity index (χ4n) is 1.66. The molecule has 1 aromatic heterocycles. The first-order valence-electron chi connectivity index (χ1n) is 7.28. The molecule has 8 nitrogen and oxygen atoms in total. The summed E-state index contributed by atoms with van der Waals surface area (Å²) in [4.78, 5) is 24.0. The molecule has 1 amide bonds. The number of hydrogen-bond acceptors (Lipinski definition) is 7. The van der Waals surface area contributed by atoms with Gasteiger partial charge in [0, 0.05) is 25.6 Å². The zero-order valence-electron chi connectivity index (χ0n) is 12.5. The van der Waals surface area contributed by atoms with Crippen LogP contribution in [-0.2, 0) is 4.79 Å². The average Bonchev–Trinajstić information content (AvgIpc) is 3.28. The van der Waals surface area contributed by atoms with Crippen molar-refractivity contribution in [3.05, 3.63) is 0 Å². The zero-order valence-corrected chi connectivity index (χ0v) is 12.5. The van der Waals surface area contributed by atoms with Gasteiger partial charge in [0.2, 0.25) is 17.8 Å². The Morgan fingerprint density at radius 1 is 1.19 bits per heavy atom. The number of ether oxygens (including phenoxy) is 1. The predicted octanol–water partition coefficient (Wildman–Crippen LogP) is 0.783. The number of nitrogens with one attached hydrogen (secondary N) is 3. The number of carbonyl (C=O) groups excluding carboxylic acids is 1. The van der Waals surface area contributed by atoms with Crippen molar-refractivity contribution >= 4 is 17.8 Å². The molecule has 116 valence electrons. The monoisotopic (exact) mass is 294 g/mol. The van der Waals surface area contributed by atoms with Crippen LogP contribution < -0.4 is 20.7 Å². The lowest BCUT2D eigenvalue weighted by Gasteiger charge is -2.09. The van der Waals surface area contributed by atoms with Gasteiger partial charge in [-0.3, -0.25) is 4.79 Å². The summed E-state index contributed by atoms with van der Waals surface area (Å²) in [6, 6.07) is 0.633. The molecule has 1 aliphatic carbocycles. The molecule has 1 fully saturated rings. The van der Waals surface area contributed by atoms with Crippen LogP contribution in [0.4, 0.5) is 11.9 Å². The summed E-state index contributed by atoms with van der Waals surface area (Å²) in [7, 11) is 1.51. The highest BCUT2D eigenvalue weighted by molar-refractivity contribution is 5.77. The number of amides is 1. The van der Waals surface area contributed by atoms with Gasteiger partial charge in [-0.25, -0.2) is 0 Å². The normalized spacial score (nSPS) is 13.6. The second-order valence-corrected chi connectivity index (χ2v) is 4.91. The van der Waals surface area contributed by atoms with Crippen molar-refractivity contribution < 1.29 is 9.53 Å². The van der Waals surface area contributed by atoms with Crippen molar-refractivity contribution in [2.75, 3.05) is 30.8 Å². The molecule has 0 bridgehead atoms. The summed E-state index contributed by atoms with van der Waals surface area (Å²) in [6.07, 6.45) is 3.55. The van der Waals surface area contributed by atoms with E-state index in [1.54, 1.807) is 0 Å². The third-order valence-electron chi connectivity index (χ3n) is 2.91. The Morgan fingerprint density at radius 3 is 2.43 bits per heavy atom. The van der Waals surface area contributed by atoms with Crippen molar-refractivity contribution in [1.82, 2.24) is 20.3 Å². The molecule has 3 N–H and O–H groups in total. The summed E-state index contributed by atoms with van der Waals surface area (Å²) < 4.78 is 5.04. The van der Waals surface area contributed by atoms with E-state index in [0.29, 0.717) is 30.9 Å². The summed E-state index contributed by atoms with van der Waals surface area (Å²) in [5.74, 6) is 0.920. The molecule has 0 spiro atoms. The molecule has 0 atom stereocenters. The Balaban J connectivity index is 1.83. The first kappa shape index (κ1) is 15.3. The van der Waals surface area contributed by atoms with Crippen LogP contribution in [0.3, 0.4) is 0 Å². The minimum Gasteiger partial charge on any atom is -0.467 e. The first-order chi connectivity index (χ1) is 10.2. The molecule has 1 heterocycles. The molecule has 1 aliphatic rings. The molecule has 2 rings (SSSR count). The quantitative estimate of drug-likeness (QED) is 0.618. The molecular weight excluding hydrogens is 272 g/mol. The molecule has 0 saturated heterocycles. The van der Waals surface area contributed by atoms with E-state index in [4.69, 9.17) is 4.74 Å². The van der Waals surface area contributed by atoms with Gasteiger partial charge in [0.25, 0.3) is 0 Å². The van der Waals surface area contributed by atoms with Gasteiger partial charge in [-0.15, -0.1) is 0 Å². The number of carbonyl (C=O) groups is 1. The Kier molecular flexibility index (Phi) is 5.53. The van der Waals surface area contributed by atoms with Crippen LogP contribution in [0.25, 0.3) is 0 Å². The lowest BCUT2D eigenvalue weighted by Crippen LogP contribution is -2.27. The SMILES string of the molecule is CCCNc1nc(NCCC(=O)NC2CC2)nc(OC)n1. The maximum absolute atomic E-state index is 11.6. The Hall–Kier alpha value is -2.12. The summed E-state index contributed by atoms with van der Waals surface area (Å²) >= 11 is 0. The molecule has 1 saturated carbocycles. The third-order valence-corrected chi connectivity index (χ3v) is 2.91. The van der Waals surface area contributed by atoms with E-state index in [1.807, 2.05) is 0 Å². The van der Waals surface area contributed by atoms with E-state index in [0.717, 1.165) is 25.8 Å². The standard InChI is InChI=1S/C13H22N6O2/c1-3-7-14-11-17-12(19-13(18-11)21-2)15-8-6-10(20)16-9-4-5-9/h9H,3-8H2,1-2H3,(H,16,20)(H2,14,15,17,18,19). The number of nitrogens with zero attached hydrogens (tertiary/aromatic N) is 3. The number of aromatic nitrogens is 3. The second kappa shape index (κ2) is 7.61. The number of anilines is 2. The second-order valence-electron chi connectivity index (χ2n) is 4.91. The van der Waals surface area contributed by atoms with Crippen LogP contribution in [0.5, 0.6) is 6.01 Å². The van der Waals surface area contributed by atoms with Crippen molar-refractivity contribution in [3.63, 3.8) is 0 Å². The number of methoxy groups -OCH3 is 1. The topological polar surface area (TPSA) is 101 Å². The van der Waals surface area contributed by atoms with Crippen LogP contribution in [0.2, 0.25) is 0 Å². The van der Waals surface area contributed by atoms with Gasteiger partial charge in [-0.2, -0.15) is 15.0 Å². The van der Waals surface area contributed by atoms with Crippen LogP contribution in [0.15, 0.2) is 0 Å². The van der Waals surface area contributed by atoms with Gasteiger partial charge >= 0.3 is 6.01 Å². The van der Waals surface area contributed by atoms with Crippen molar-refractivity contribution in [1.29, 1.82) is 0 Å². The molecule has 0 aromatic carbocycles. The molecular formula is C13H22N6O2. The van der Waals surface area contributed by atoms with Crippen LogP contribution in [-0.4, -0.2) is 47.1 Å². The number of hydrogen-bond donors (Lipinski definition) is 3. The third kappa shape index (κ3) is 5.41. The van der Waals surface area contributed by atoms with Gasteiger partial charge in [-0.05, 0) is 19.3 Å². The average molecular weight is 294 g/mol. The number of rotatable bonds is 9. The van der Waals surface area contributed by atoms with E-state index in [-0.39, 0.29) is 11.9 Å². The molecule has 8 heteroatoms. The highest BCUT2D eigenvalue weighted by Gasteiger charge is 2.22. The van der Waals surface area contributed by atoms with Crippen molar-refractivity contribution in [2.45, 2.75) is 38.6 Å². The summed E-state index contributed by atoms with van der Waals surface area (Å²) in [5.41, 5.74) is 0. The Bertz CT molecular complexity index is 478. The fraction of sp³-hybridized carbons (Fsp3) is 0.692. The lowest BCUT2D eigenvalue weighted by atomic mass is 10.4. The maximum Gasteiger partial charge on any atom is 0.322 e. The molecule has 0 radical (unpaired) electrons. The Labute approximate surface area is 124 Å². The van der Waals surface area contributed by atoms with E-state index in [9.17, 15) is 4.79 Å². The largest absolute Gasteiger partial charge is 0.467 e. The smallest absolute Gasteiger partial charge is 0.322 e. The van der Waals surface area contributed by atoms with Gasteiger partial charge in [0.05, 0.1) is 7.11 Å². The van der Waals surface area contributed by atoms with Crippen LogP contribution in [0.1, 0.15) is 32.6 Å². The zero-order chi connectivity index (χ0) is 15.1. The van der Waals surface area contributed by atoms with E-state index in [2.05, 4.69) is 37.8 Å². The first-order valence-corrected chi connectivity index (χ1v) is 7.28. The molecule has 21 heavy (non-hydrogen) atoms. The van der Waals surface area contributed by atoms with Crippen LogP contribution in [0, 0.1) is 0 Å². The predicted molar refractivity (Wildman–Crippen MR) is 79.4 cm³/mol. The Morgan fingerprint density at radius 2 is 1.86 bits per heavy atom. The fourth-order valence-corrected chi connectivity index (χ4v) is 1.66. The van der Waals surface area contributed by atoms with E-state index >= 15 is 0 Å². The molecule has 1 aromatic rings. The maximum atomic E-state index is 11.6. The van der Waals surface area contributed by atoms with E-state index < -0.39 is 0 Å². The minimum absolute atomic E-state index is 0.0513. The summed E-state index contributed by atoms with van der Waals surface area (Å²) in [6.45, 7) is 3.30. The highest BCUT2D eigenvalue weighted by atomic mass is 16.5. The molecule has 0 unspecified atom stereocenters.